The van der Waals surface area contributed by atoms with Crippen molar-refractivity contribution in [2.24, 2.45) is 7.05 Å². The van der Waals surface area contributed by atoms with Crippen LogP contribution in [0.1, 0.15) is 36.2 Å². The van der Waals surface area contributed by atoms with Gasteiger partial charge in [-0.25, -0.2) is 0 Å². The fourth-order valence-electron chi connectivity index (χ4n) is 3.75. The van der Waals surface area contributed by atoms with Crippen LogP contribution < -0.4 is 10.2 Å². The van der Waals surface area contributed by atoms with Crippen molar-refractivity contribution in [3.05, 3.63) is 47.3 Å². The van der Waals surface area contributed by atoms with Crippen molar-refractivity contribution in [1.82, 2.24) is 20.0 Å². The van der Waals surface area contributed by atoms with Crippen molar-refractivity contribution < 1.29 is 4.79 Å². The van der Waals surface area contributed by atoms with Crippen LogP contribution in [0, 0.1) is 13.8 Å². The highest BCUT2D eigenvalue weighted by Gasteiger charge is 2.19. The van der Waals surface area contributed by atoms with Gasteiger partial charge in [0.2, 0.25) is 5.91 Å². The molecule has 0 aliphatic carbocycles. The number of aryl methyl sites for hydroxylation is 3. The number of anilines is 1. The summed E-state index contributed by atoms with van der Waals surface area (Å²) in [6.07, 6.45) is 2.51. The topological polar surface area (TPSA) is 53.4 Å². The summed E-state index contributed by atoms with van der Waals surface area (Å²) >= 11 is 0. The third-order valence-electron chi connectivity index (χ3n) is 5.29. The predicted octanol–water partition coefficient (Wildman–Crippen LogP) is 2.43. The van der Waals surface area contributed by atoms with Crippen LogP contribution >= 0.6 is 0 Å². The van der Waals surface area contributed by atoms with Gasteiger partial charge < -0.3 is 10.2 Å². The monoisotopic (exact) mass is 369 g/mol. The molecular weight excluding hydrogens is 338 g/mol. The summed E-state index contributed by atoms with van der Waals surface area (Å²) in [5, 5.41) is 7.45. The second-order valence-corrected chi connectivity index (χ2v) is 7.55. The molecule has 1 aliphatic rings. The first-order valence-corrected chi connectivity index (χ1v) is 9.76. The molecule has 1 fully saturated rings. The maximum absolute atomic E-state index is 12.3. The van der Waals surface area contributed by atoms with E-state index in [9.17, 15) is 4.79 Å². The molecule has 1 atom stereocenters. The minimum Gasteiger partial charge on any atom is -0.369 e. The largest absolute Gasteiger partial charge is 0.369 e. The summed E-state index contributed by atoms with van der Waals surface area (Å²) in [6, 6.07) is 8.66. The normalized spacial score (nSPS) is 16.4. The van der Waals surface area contributed by atoms with E-state index in [-0.39, 0.29) is 11.9 Å². The molecule has 0 bridgehead atoms. The quantitative estimate of drug-likeness (QED) is 0.850. The number of benzene rings is 1. The van der Waals surface area contributed by atoms with Gasteiger partial charge in [0.1, 0.15) is 0 Å². The molecule has 1 unspecified atom stereocenters. The maximum Gasteiger partial charge on any atom is 0.221 e. The van der Waals surface area contributed by atoms with Crippen LogP contribution in [0.2, 0.25) is 0 Å². The van der Waals surface area contributed by atoms with Gasteiger partial charge in [-0.1, -0.05) is 12.1 Å². The summed E-state index contributed by atoms with van der Waals surface area (Å²) in [7, 11) is 1.90. The van der Waals surface area contributed by atoms with E-state index in [1.807, 2.05) is 27.1 Å². The number of piperazine rings is 1. The van der Waals surface area contributed by atoms with Crippen molar-refractivity contribution in [2.75, 3.05) is 37.6 Å². The van der Waals surface area contributed by atoms with Gasteiger partial charge in [0.05, 0.1) is 11.7 Å². The number of carbonyl (C=O) groups excluding carboxylic acids is 1. The van der Waals surface area contributed by atoms with E-state index in [2.05, 4.69) is 51.4 Å². The maximum atomic E-state index is 12.3. The molecule has 6 nitrogen and oxygen atoms in total. The van der Waals surface area contributed by atoms with E-state index in [1.54, 1.807) is 4.68 Å². The molecule has 1 amide bonds. The summed E-state index contributed by atoms with van der Waals surface area (Å²) in [5.41, 5.74) is 4.65. The van der Waals surface area contributed by atoms with Crippen LogP contribution in [0.3, 0.4) is 0 Å². The zero-order valence-electron chi connectivity index (χ0n) is 16.9. The highest BCUT2D eigenvalue weighted by molar-refractivity contribution is 5.76. The van der Waals surface area contributed by atoms with Crippen LogP contribution in [0.25, 0.3) is 0 Å². The first kappa shape index (κ1) is 19.4. The zero-order valence-corrected chi connectivity index (χ0v) is 16.9. The van der Waals surface area contributed by atoms with Gasteiger partial charge in [-0.15, -0.1) is 0 Å². The van der Waals surface area contributed by atoms with E-state index < -0.39 is 0 Å². The molecule has 3 rings (SSSR count). The van der Waals surface area contributed by atoms with Gasteiger partial charge in [0.25, 0.3) is 0 Å². The lowest BCUT2D eigenvalue weighted by atomic mass is 10.1. The fraction of sp³-hybridized carbons (Fsp3) is 0.524. The van der Waals surface area contributed by atoms with Gasteiger partial charge in [-0.3, -0.25) is 14.4 Å². The van der Waals surface area contributed by atoms with Gasteiger partial charge in [0.15, 0.2) is 0 Å². The van der Waals surface area contributed by atoms with Gasteiger partial charge in [0, 0.05) is 63.6 Å². The van der Waals surface area contributed by atoms with Crippen LogP contribution in [-0.2, 0) is 11.8 Å². The number of aromatic nitrogens is 2. The molecular formula is C21H31N5O. The van der Waals surface area contributed by atoms with Crippen molar-refractivity contribution in [1.29, 1.82) is 0 Å². The second-order valence-electron chi connectivity index (χ2n) is 7.55. The van der Waals surface area contributed by atoms with E-state index in [1.165, 1.54) is 11.3 Å². The molecule has 6 heteroatoms. The number of rotatable bonds is 6. The molecule has 1 aromatic carbocycles. The van der Waals surface area contributed by atoms with Crippen molar-refractivity contribution in [3.8, 4) is 0 Å². The molecule has 0 saturated carbocycles. The lowest BCUT2D eigenvalue weighted by Crippen LogP contribution is -2.47. The molecule has 1 saturated heterocycles. The van der Waals surface area contributed by atoms with E-state index in [0.717, 1.165) is 44.0 Å². The predicted molar refractivity (Wildman–Crippen MR) is 109 cm³/mol. The fourth-order valence-corrected chi connectivity index (χ4v) is 3.75. The number of amides is 1. The summed E-state index contributed by atoms with van der Waals surface area (Å²) in [6.45, 7) is 11.0. The van der Waals surface area contributed by atoms with Crippen LogP contribution in [0.15, 0.2) is 30.5 Å². The van der Waals surface area contributed by atoms with Gasteiger partial charge in [-0.2, -0.15) is 5.10 Å². The smallest absolute Gasteiger partial charge is 0.221 e. The van der Waals surface area contributed by atoms with E-state index in [0.29, 0.717) is 6.42 Å². The Kier molecular flexibility index (Phi) is 6.16. The Hall–Kier alpha value is -2.34. The molecule has 1 aliphatic heterocycles. The number of hydrogen-bond donors (Lipinski definition) is 1. The lowest BCUT2D eigenvalue weighted by Gasteiger charge is -2.36. The Bertz CT molecular complexity index is 777. The Morgan fingerprint density at radius 2 is 1.96 bits per heavy atom. The van der Waals surface area contributed by atoms with E-state index in [4.69, 9.17) is 0 Å². The summed E-state index contributed by atoms with van der Waals surface area (Å²) in [4.78, 5) is 17.1. The first-order valence-electron chi connectivity index (χ1n) is 9.76. The van der Waals surface area contributed by atoms with Gasteiger partial charge >= 0.3 is 0 Å². The number of nitrogens with zero attached hydrogens (tertiary/aromatic N) is 4. The van der Waals surface area contributed by atoms with Crippen LogP contribution in [0.5, 0.6) is 0 Å². The third kappa shape index (κ3) is 5.10. The Morgan fingerprint density at radius 1 is 1.22 bits per heavy atom. The SMILES string of the molecule is Cc1cccc(N2CCN(CCC(=O)NC(C)c3cn(C)nc3C)CC2)c1. The lowest BCUT2D eigenvalue weighted by molar-refractivity contribution is -0.122. The minimum absolute atomic E-state index is 0.00984. The van der Waals surface area contributed by atoms with Gasteiger partial charge in [-0.05, 0) is 38.5 Å². The molecule has 146 valence electrons. The Balaban J connectivity index is 1.42. The molecule has 1 N–H and O–H groups in total. The zero-order chi connectivity index (χ0) is 19.4. The number of nitrogens with one attached hydrogen (secondary N) is 1. The highest BCUT2D eigenvalue weighted by Crippen LogP contribution is 2.18. The molecule has 2 aromatic rings. The Morgan fingerprint density at radius 3 is 2.59 bits per heavy atom. The van der Waals surface area contributed by atoms with Crippen LogP contribution in [-0.4, -0.2) is 53.3 Å². The number of hydrogen-bond acceptors (Lipinski definition) is 4. The van der Waals surface area contributed by atoms with Crippen molar-refractivity contribution in [2.45, 2.75) is 33.2 Å². The number of carbonyl (C=O) groups is 1. The summed E-state index contributed by atoms with van der Waals surface area (Å²) in [5.74, 6) is 0.104. The van der Waals surface area contributed by atoms with E-state index >= 15 is 0 Å². The Labute approximate surface area is 162 Å². The molecule has 2 heterocycles. The average Bonchev–Trinajstić information content (AvgIpc) is 2.99. The van der Waals surface area contributed by atoms with Crippen LogP contribution in [0.4, 0.5) is 5.69 Å². The summed E-state index contributed by atoms with van der Waals surface area (Å²) < 4.78 is 1.79. The minimum atomic E-state index is -0.00984. The van der Waals surface area contributed by atoms with Crippen molar-refractivity contribution in [3.63, 3.8) is 0 Å². The van der Waals surface area contributed by atoms with Crippen molar-refractivity contribution >= 4 is 11.6 Å². The second kappa shape index (κ2) is 8.57. The third-order valence-corrected chi connectivity index (χ3v) is 5.29. The molecule has 0 radical (unpaired) electrons. The molecule has 1 aromatic heterocycles. The average molecular weight is 370 g/mol. The molecule has 27 heavy (non-hydrogen) atoms. The standard InChI is InChI=1S/C21H31N5O/c1-16-6-5-7-19(14-16)26-12-10-25(11-13-26)9-8-21(27)22-17(2)20-15-24(4)23-18(20)3/h5-7,14-15,17H,8-13H2,1-4H3,(H,22,27). The highest BCUT2D eigenvalue weighted by atomic mass is 16.1. The molecule has 0 spiro atoms. The first-order chi connectivity index (χ1) is 12.9.